The van der Waals surface area contributed by atoms with E-state index in [-0.39, 0.29) is 0 Å². The average molecular weight is 248 g/mol. The Morgan fingerprint density at radius 3 is 2.83 bits per heavy atom. The number of piperidine rings is 1. The second-order valence-corrected chi connectivity index (χ2v) is 5.22. The molecule has 0 aromatic heterocycles. The van der Waals surface area contributed by atoms with Crippen molar-refractivity contribution in [1.29, 1.82) is 0 Å². The van der Waals surface area contributed by atoms with E-state index in [4.69, 9.17) is 10.5 Å². The molecule has 1 fully saturated rings. The third-order valence-electron chi connectivity index (χ3n) is 3.69. The second kappa shape index (κ2) is 6.76. The highest BCUT2D eigenvalue weighted by Crippen LogP contribution is 2.16. The van der Waals surface area contributed by atoms with Crippen LogP contribution in [0.25, 0.3) is 0 Å². The Morgan fingerprint density at radius 1 is 1.33 bits per heavy atom. The fourth-order valence-electron chi connectivity index (χ4n) is 2.34. The van der Waals surface area contributed by atoms with Crippen LogP contribution in [0.2, 0.25) is 0 Å². The first kappa shape index (κ1) is 13.4. The quantitative estimate of drug-likeness (QED) is 0.868. The van der Waals surface area contributed by atoms with E-state index in [2.05, 4.69) is 11.8 Å². The van der Waals surface area contributed by atoms with E-state index >= 15 is 0 Å². The first-order valence-corrected chi connectivity index (χ1v) is 6.92. The van der Waals surface area contributed by atoms with Gasteiger partial charge in [-0.15, -0.1) is 0 Å². The van der Waals surface area contributed by atoms with Crippen molar-refractivity contribution in [2.45, 2.75) is 26.3 Å². The summed E-state index contributed by atoms with van der Waals surface area (Å²) in [5, 5.41) is 0. The molecule has 0 atom stereocenters. The molecule has 0 aliphatic carbocycles. The molecule has 1 heterocycles. The third-order valence-corrected chi connectivity index (χ3v) is 3.69. The zero-order chi connectivity index (χ0) is 12.8. The maximum absolute atomic E-state index is 5.78. The van der Waals surface area contributed by atoms with Crippen molar-refractivity contribution in [3.8, 4) is 5.75 Å². The summed E-state index contributed by atoms with van der Waals surface area (Å²) < 4.78 is 5.78. The molecule has 1 aromatic rings. The minimum atomic E-state index is 0.571. The van der Waals surface area contributed by atoms with Crippen molar-refractivity contribution in [3.05, 3.63) is 29.8 Å². The molecule has 100 valence electrons. The second-order valence-electron chi connectivity index (χ2n) is 5.22. The molecule has 0 unspecified atom stereocenters. The zero-order valence-corrected chi connectivity index (χ0v) is 11.3. The molecule has 1 aromatic carbocycles. The van der Waals surface area contributed by atoms with Gasteiger partial charge in [0.25, 0.3) is 0 Å². The lowest BCUT2D eigenvalue weighted by Gasteiger charge is -2.29. The van der Waals surface area contributed by atoms with Gasteiger partial charge in [-0.3, -0.25) is 4.90 Å². The van der Waals surface area contributed by atoms with Crippen LogP contribution in [0.5, 0.6) is 5.75 Å². The molecule has 2 rings (SSSR count). The van der Waals surface area contributed by atoms with Gasteiger partial charge in [-0.25, -0.2) is 0 Å². The largest absolute Gasteiger partial charge is 0.492 e. The van der Waals surface area contributed by atoms with Crippen molar-refractivity contribution >= 4 is 0 Å². The number of likely N-dealkylation sites (tertiary alicyclic amines) is 1. The first-order chi connectivity index (χ1) is 8.78. The topological polar surface area (TPSA) is 38.5 Å². The van der Waals surface area contributed by atoms with Gasteiger partial charge < -0.3 is 10.5 Å². The molecule has 0 saturated carbocycles. The molecular weight excluding hydrogens is 224 g/mol. The highest BCUT2D eigenvalue weighted by molar-refractivity contribution is 5.28. The Labute approximate surface area is 110 Å². The van der Waals surface area contributed by atoms with Crippen molar-refractivity contribution in [1.82, 2.24) is 4.90 Å². The average Bonchev–Trinajstić information content (AvgIpc) is 2.41. The number of rotatable bonds is 5. The molecule has 3 heteroatoms. The summed E-state index contributed by atoms with van der Waals surface area (Å²) in [6, 6.07) is 8.05. The number of ether oxygens (including phenoxy) is 1. The minimum absolute atomic E-state index is 0.571. The van der Waals surface area contributed by atoms with Crippen LogP contribution in [-0.4, -0.2) is 31.1 Å². The number of benzene rings is 1. The zero-order valence-electron chi connectivity index (χ0n) is 11.3. The van der Waals surface area contributed by atoms with E-state index in [1.165, 1.54) is 25.9 Å². The number of nitrogens with zero attached hydrogens (tertiary/aromatic N) is 1. The van der Waals surface area contributed by atoms with Gasteiger partial charge in [0.15, 0.2) is 0 Å². The maximum Gasteiger partial charge on any atom is 0.119 e. The van der Waals surface area contributed by atoms with Crippen molar-refractivity contribution in [2.24, 2.45) is 11.7 Å². The molecular formula is C15H24N2O. The van der Waals surface area contributed by atoms with E-state index in [0.29, 0.717) is 6.54 Å². The highest BCUT2D eigenvalue weighted by atomic mass is 16.5. The van der Waals surface area contributed by atoms with Crippen molar-refractivity contribution in [2.75, 3.05) is 26.2 Å². The van der Waals surface area contributed by atoms with E-state index in [9.17, 15) is 0 Å². The lowest BCUT2D eigenvalue weighted by molar-refractivity contribution is 0.160. The Hall–Kier alpha value is -1.06. The van der Waals surface area contributed by atoms with Gasteiger partial charge in [0, 0.05) is 13.1 Å². The van der Waals surface area contributed by atoms with Gasteiger partial charge in [0.2, 0.25) is 0 Å². The third kappa shape index (κ3) is 4.00. The summed E-state index contributed by atoms with van der Waals surface area (Å²) in [4.78, 5) is 2.49. The highest BCUT2D eigenvalue weighted by Gasteiger charge is 2.14. The monoisotopic (exact) mass is 248 g/mol. The van der Waals surface area contributed by atoms with Crippen LogP contribution >= 0.6 is 0 Å². The SMILES string of the molecule is CC1CCN(CCOc2cccc(CN)c2)CC1. The molecule has 3 nitrogen and oxygen atoms in total. The van der Waals surface area contributed by atoms with Gasteiger partial charge in [-0.1, -0.05) is 19.1 Å². The molecule has 2 N–H and O–H groups in total. The minimum Gasteiger partial charge on any atom is -0.492 e. The van der Waals surface area contributed by atoms with Crippen LogP contribution in [0.4, 0.5) is 0 Å². The maximum atomic E-state index is 5.78. The summed E-state index contributed by atoms with van der Waals surface area (Å²) in [6.45, 7) is 7.14. The van der Waals surface area contributed by atoms with Gasteiger partial charge in [-0.2, -0.15) is 0 Å². The lowest BCUT2D eigenvalue weighted by Crippen LogP contribution is -2.35. The molecule has 0 bridgehead atoms. The molecule has 1 saturated heterocycles. The Balaban J connectivity index is 1.71. The van der Waals surface area contributed by atoms with Crippen LogP contribution in [0, 0.1) is 5.92 Å². The molecule has 0 spiro atoms. The van der Waals surface area contributed by atoms with E-state index in [1.54, 1.807) is 0 Å². The molecule has 18 heavy (non-hydrogen) atoms. The summed E-state index contributed by atoms with van der Waals surface area (Å²) >= 11 is 0. The molecule has 1 aliphatic rings. The Kier molecular flexibility index (Phi) is 5.02. The van der Waals surface area contributed by atoms with Crippen LogP contribution < -0.4 is 10.5 Å². The summed E-state index contributed by atoms with van der Waals surface area (Å²) in [5.74, 6) is 1.83. The smallest absolute Gasteiger partial charge is 0.119 e. The summed E-state index contributed by atoms with van der Waals surface area (Å²) in [7, 11) is 0. The standard InChI is InChI=1S/C15H24N2O/c1-13-5-7-17(8-6-13)9-10-18-15-4-2-3-14(11-15)12-16/h2-4,11,13H,5-10,12,16H2,1H3. The Bertz CT molecular complexity index is 359. The molecule has 1 aliphatic heterocycles. The molecule has 0 amide bonds. The lowest BCUT2D eigenvalue weighted by atomic mass is 9.99. The van der Waals surface area contributed by atoms with Gasteiger partial charge in [-0.05, 0) is 49.5 Å². The van der Waals surface area contributed by atoms with Crippen molar-refractivity contribution in [3.63, 3.8) is 0 Å². The number of hydrogen-bond donors (Lipinski definition) is 1. The van der Waals surface area contributed by atoms with Crippen LogP contribution in [0.3, 0.4) is 0 Å². The predicted molar refractivity (Wildman–Crippen MR) is 74.7 cm³/mol. The van der Waals surface area contributed by atoms with Gasteiger partial charge in [0.05, 0.1) is 0 Å². The van der Waals surface area contributed by atoms with Crippen LogP contribution in [0.15, 0.2) is 24.3 Å². The van der Waals surface area contributed by atoms with Gasteiger partial charge >= 0.3 is 0 Å². The van der Waals surface area contributed by atoms with Crippen LogP contribution in [0.1, 0.15) is 25.3 Å². The normalized spacial score (nSPS) is 17.9. The summed E-state index contributed by atoms with van der Waals surface area (Å²) in [5.41, 5.74) is 6.74. The fraction of sp³-hybridized carbons (Fsp3) is 0.600. The first-order valence-electron chi connectivity index (χ1n) is 6.92. The predicted octanol–water partition coefficient (Wildman–Crippen LogP) is 2.26. The fourth-order valence-corrected chi connectivity index (χ4v) is 2.34. The number of hydrogen-bond acceptors (Lipinski definition) is 3. The molecule has 0 radical (unpaired) electrons. The van der Waals surface area contributed by atoms with Crippen LogP contribution in [-0.2, 0) is 6.54 Å². The van der Waals surface area contributed by atoms with Crippen molar-refractivity contribution < 1.29 is 4.74 Å². The Morgan fingerprint density at radius 2 is 2.11 bits per heavy atom. The summed E-state index contributed by atoms with van der Waals surface area (Å²) in [6.07, 6.45) is 2.64. The van der Waals surface area contributed by atoms with E-state index < -0.39 is 0 Å². The number of nitrogens with two attached hydrogens (primary N) is 1. The van der Waals surface area contributed by atoms with Gasteiger partial charge in [0.1, 0.15) is 12.4 Å². The van der Waals surface area contributed by atoms with E-state index in [1.807, 2.05) is 24.3 Å². The van der Waals surface area contributed by atoms with E-state index in [0.717, 1.165) is 30.4 Å².